The fourth-order valence-corrected chi connectivity index (χ4v) is 4.13. The Kier molecular flexibility index (Phi) is 5.52. The Morgan fingerprint density at radius 2 is 2.05 bits per heavy atom. The van der Waals surface area contributed by atoms with Gasteiger partial charge in [0, 0.05) is 23.9 Å². The van der Waals surface area contributed by atoms with Crippen LogP contribution in [0.2, 0.25) is 0 Å². The second-order valence-corrected chi connectivity index (χ2v) is 7.08. The lowest BCUT2D eigenvalue weighted by molar-refractivity contribution is 0.751. The van der Waals surface area contributed by atoms with E-state index in [1.807, 2.05) is 7.05 Å². The predicted molar refractivity (Wildman–Crippen MR) is 88.8 cm³/mol. The van der Waals surface area contributed by atoms with Gasteiger partial charge in [0.15, 0.2) is 0 Å². The second kappa shape index (κ2) is 7.16. The van der Waals surface area contributed by atoms with E-state index in [4.69, 9.17) is 0 Å². The summed E-state index contributed by atoms with van der Waals surface area (Å²) in [6.07, 6.45) is 5.53. The van der Waals surface area contributed by atoms with E-state index in [9.17, 15) is 0 Å². The number of aromatic nitrogens is 2. The van der Waals surface area contributed by atoms with Crippen molar-refractivity contribution in [1.82, 2.24) is 9.97 Å². The van der Waals surface area contributed by atoms with E-state index in [1.165, 1.54) is 30.6 Å². The zero-order valence-corrected chi connectivity index (χ0v) is 13.8. The van der Waals surface area contributed by atoms with E-state index in [0.29, 0.717) is 17.2 Å². The maximum Gasteiger partial charge on any atom is 0.135 e. The number of anilines is 2. The lowest BCUT2D eigenvalue weighted by atomic mass is 10.0. The summed E-state index contributed by atoms with van der Waals surface area (Å²) in [6.45, 7) is 6.62. The van der Waals surface area contributed by atoms with E-state index in [0.717, 1.165) is 11.6 Å². The highest BCUT2D eigenvalue weighted by Gasteiger charge is 2.28. The van der Waals surface area contributed by atoms with Gasteiger partial charge in [-0.25, -0.2) is 9.97 Å². The molecule has 20 heavy (non-hydrogen) atoms. The van der Waals surface area contributed by atoms with Crippen LogP contribution in [0, 0.1) is 0 Å². The molecule has 4 nitrogen and oxygen atoms in total. The Morgan fingerprint density at radius 3 is 2.70 bits per heavy atom. The quantitative estimate of drug-likeness (QED) is 0.837. The largest absolute Gasteiger partial charge is 0.373 e. The molecule has 0 spiro atoms. The summed E-state index contributed by atoms with van der Waals surface area (Å²) in [5.41, 5.74) is 1.20. The maximum absolute atomic E-state index is 4.50. The van der Waals surface area contributed by atoms with Gasteiger partial charge in [-0.05, 0) is 24.5 Å². The molecule has 0 bridgehead atoms. The van der Waals surface area contributed by atoms with Crippen LogP contribution >= 0.6 is 11.8 Å². The van der Waals surface area contributed by atoms with Crippen molar-refractivity contribution in [1.29, 1.82) is 0 Å². The van der Waals surface area contributed by atoms with Gasteiger partial charge >= 0.3 is 0 Å². The van der Waals surface area contributed by atoms with Gasteiger partial charge < -0.3 is 10.6 Å². The molecular weight excluding hydrogens is 268 g/mol. The Labute approximate surface area is 126 Å². The zero-order valence-electron chi connectivity index (χ0n) is 12.9. The molecule has 1 aliphatic carbocycles. The van der Waals surface area contributed by atoms with Crippen LogP contribution in [0.1, 0.15) is 51.5 Å². The van der Waals surface area contributed by atoms with Crippen LogP contribution in [-0.2, 0) is 0 Å². The predicted octanol–water partition coefficient (Wildman–Crippen LogP) is 3.73. The van der Waals surface area contributed by atoms with Crippen molar-refractivity contribution < 1.29 is 0 Å². The minimum atomic E-state index is 0.403. The summed E-state index contributed by atoms with van der Waals surface area (Å²) in [5.74, 6) is 3.54. The number of thioether (sulfide) groups is 1. The Balaban J connectivity index is 2.20. The molecule has 0 radical (unpaired) electrons. The normalized spacial score (nSPS) is 22.2. The Morgan fingerprint density at radius 1 is 1.30 bits per heavy atom. The van der Waals surface area contributed by atoms with Crippen LogP contribution in [0.3, 0.4) is 0 Å². The monoisotopic (exact) mass is 294 g/mol. The third-order valence-electron chi connectivity index (χ3n) is 3.85. The van der Waals surface area contributed by atoms with Crippen molar-refractivity contribution >= 4 is 23.4 Å². The highest BCUT2D eigenvalue weighted by Crippen LogP contribution is 2.34. The maximum atomic E-state index is 4.50. The molecule has 1 aromatic rings. The summed E-state index contributed by atoms with van der Waals surface area (Å²) in [5, 5.41) is 7.59. The first-order valence-corrected chi connectivity index (χ1v) is 8.63. The minimum Gasteiger partial charge on any atom is -0.373 e. The lowest BCUT2D eigenvalue weighted by Crippen LogP contribution is -2.27. The Bertz CT molecular complexity index is 436. The fraction of sp³-hybridized carbons (Fsp3) is 0.733. The van der Waals surface area contributed by atoms with Crippen molar-refractivity contribution in [3.05, 3.63) is 11.9 Å². The molecule has 2 rings (SSSR count). The molecule has 0 aromatic carbocycles. The van der Waals surface area contributed by atoms with Gasteiger partial charge in [0.25, 0.3) is 0 Å². The number of hydrogen-bond acceptors (Lipinski definition) is 5. The molecule has 1 heterocycles. The lowest BCUT2D eigenvalue weighted by Gasteiger charge is -2.24. The van der Waals surface area contributed by atoms with Crippen molar-refractivity contribution in [3.63, 3.8) is 0 Å². The Hall–Kier alpha value is -0.970. The van der Waals surface area contributed by atoms with Crippen molar-refractivity contribution in [2.45, 2.75) is 57.2 Å². The van der Waals surface area contributed by atoms with E-state index in [2.05, 4.69) is 53.1 Å². The van der Waals surface area contributed by atoms with E-state index < -0.39 is 0 Å². The number of hydrogen-bond donors (Lipinski definition) is 2. The average molecular weight is 294 g/mol. The molecule has 0 aliphatic heterocycles. The van der Waals surface area contributed by atoms with Gasteiger partial charge in [0.05, 0.1) is 0 Å². The van der Waals surface area contributed by atoms with Crippen LogP contribution in [0.25, 0.3) is 0 Å². The highest BCUT2D eigenvalue weighted by atomic mass is 32.2. The molecule has 0 amide bonds. The van der Waals surface area contributed by atoms with Gasteiger partial charge in [0.1, 0.15) is 18.0 Å². The molecule has 2 N–H and O–H groups in total. The summed E-state index contributed by atoms with van der Waals surface area (Å²) >= 11 is 2.07. The standard InChI is InChI=1S/C15H26N4S/c1-5-20-12-8-6-7-11(12)19-15-13(10(2)3)14(16-4)17-9-18-15/h9-12H,5-8H2,1-4H3,(H2,16,17,18,19). The molecule has 112 valence electrons. The first-order chi connectivity index (χ1) is 9.67. The first kappa shape index (κ1) is 15.4. The molecule has 5 heteroatoms. The molecular formula is C15H26N4S. The van der Waals surface area contributed by atoms with Crippen LogP contribution < -0.4 is 10.6 Å². The number of rotatable bonds is 6. The first-order valence-electron chi connectivity index (χ1n) is 7.58. The number of nitrogens with zero attached hydrogens (tertiary/aromatic N) is 2. The molecule has 1 saturated carbocycles. The summed E-state index contributed by atoms with van der Waals surface area (Å²) in [7, 11) is 1.92. The van der Waals surface area contributed by atoms with Crippen LogP contribution in [0.5, 0.6) is 0 Å². The van der Waals surface area contributed by atoms with Gasteiger partial charge in [-0.3, -0.25) is 0 Å². The summed E-state index contributed by atoms with van der Waals surface area (Å²) in [6, 6.07) is 0.539. The minimum absolute atomic E-state index is 0.403. The van der Waals surface area contributed by atoms with Gasteiger partial charge in [-0.15, -0.1) is 0 Å². The van der Waals surface area contributed by atoms with E-state index in [1.54, 1.807) is 6.33 Å². The SMILES string of the molecule is CCSC1CCCC1Nc1ncnc(NC)c1C(C)C. The smallest absolute Gasteiger partial charge is 0.135 e. The van der Waals surface area contributed by atoms with Gasteiger partial charge in [-0.2, -0.15) is 11.8 Å². The summed E-state index contributed by atoms with van der Waals surface area (Å²) in [4.78, 5) is 8.84. The molecule has 1 aromatic heterocycles. The molecule has 1 fully saturated rings. The zero-order chi connectivity index (χ0) is 14.5. The third kappa shape index (κ3) is 3.37. The van der Waals surface area contributed by atoms with Crippen LogP contribution in [0.15, 0.2) is 6.33 Å². The van der Waals surface area contributed by atoms with Crippen molar-refractivity contribution in [2.24, 2.45) is 0 Å². The average Bonchev–Trinajstić information content (AvgIpc) is 2.86. The van der Waals surface area contributed by atoms with E-state index >= 15 is 0 Å². The molecule has 1 aliphatic rings. The van der Waals surface area contributed by atoms with Crippen LogP contribution in [-0.4, -0.2) is 34.1 Å². The van der Waals surface area contributed by atoms with Crippen molar-refractivity contribution in [2.75, 3.05) is 23.4 Å². The topological polar surface area (TPSA) is 49.8 Å². The molecule has 2 atom stereocenters. The van der Waals surface area contributed by atoms with E-state index in [-0.39, 0.29) is 0 Å². The number of nitrogens with one attached hydrogen (secondary N) is 2. The van der Waals surface area contributed by atoms with Gasteiger partial charge in [0.2, 0.25) is 0 Å². The van der Waals surface area contributed by atoms with Crippen LogP contribution in [0.4, 0.5) is 11.6 Å². The summed E-state index contributed by atoms with van der Waals surface area (Å²) < 4.78 is 0. The van der Waals surface area contributed by atoms with Crippen molar-refractivity contribution in [3.8, 4) is 0 Å². The third-order valence-corrected chi connectivity index (χ3v) is 5.18. The van der Waals surface area contributed by atoms with Gasteiger partial charge in [-0.1, -0.05) is 27.2 Å². The fourth-order valence-electron chi connectivity index (χ4n) is 2.94. The molecule has 2 unspecified atom stereocenters. The molecule has 0 saturated heterocycles. The highest BCUT2D eigenvalue weighted by molar-refractivity contribution is 7.99. The second-order valence-electron chi connectivity index (χ2n) is 5.56.